The fraction of sp³-hybridized carbons (Fsp3) is 0.889. The van der Waals surface area contributed by atoms with E-state index in [9.17, 15) is 4.79 Å². The molecule has 0 aliphatic rings. The number of hydrogen-bond donors (Lipinski definition) is 3. The van der Waals surface area contributed by atoms with E-state index < -0.39 is 6.10 Å². The molecule has 13 heavy (non-hydrogen) atoms. The van der Waals surface area contributed by atoms with Gasteiger partial charge in [0.25, 0.3) is 0 Å². The largest absolute Gasteiger partial charge is 0.392 e. The van der Waals surface area contributed by atoms with Crippen molar-refractivity contribution in [3.05, 3.63) is 0 Å². The summed E-state index contributed by atoms with van der Waals surface area (Å²) in [6, 6.07) is 0. The van der Waals surface area contributed by atoms with Gasteiger partial charge in [-0.2, -0.15) is 0 Å². The third kappa shape index (κ3) is 6.54. The summed E-state index contributed by atoms with van der Waals surface area (Å²) in [6.45, 7) is 4.46. The van der Waals surface area contributed by atoms with Crippen molar-refractivity contribution in [1.29, 1.82) is 0 Å². The molecule has 0 saturated carbocycles. The van der Waals surface area contributed by atoms with Crippen LogP contribution in [-0.2, 0) is 4.79 Å². The zero-order valence-electron chi connectivity index (χ0n) is 8.42. The predicted molar refractivity (Wildman–Crippen MR) is 52.1 cm³/mol. The molecule has 0 rings (SSSR count). The molecule has 0 aromatic heterocycles. The predicted octanol–water partition coefficient (Wildman–Crippen LogP) is -0.142. The fourth-order valence-corrected chi connectivity index (χ4v) is 0.978. The maximum Gasteiger partial charge on any atom is 0.222 e. The van der Waals surface area contributed by atoms with Crippen LogP contribution in [0, 0.1) is 5.92 Å². The maximum absolute atomic E-state index is 11.3. The lowest BCUT2D eigenvalue weighted by atomic mass is 10.1. The quantitative estimate of drug-likeness (QED) is 0.543. The number of carbonyl (C=O) groups excluding carboxylic acids is 1. The Balaban J connectivity index is 3.57. The molecule has 4 nitrogen and oxygen atoms in total. The van der Waals surface area contributed by atoms with Gasteiger partial charge in [0, 0.05) is 12.5 Å². The molecule has 78 valence electrons. The third-order valence-electron chi connectivity index (χ3n) is 1.86. The van der Waals surface area contributed by atoms with Gasteiger partial charge in [-0.05, 0) is 26.3 Å². The van der Waals surface area contributed by atoms with E-state index in [1.54, 1.807) is 6.92 Å². The monoisotopic (exact) mass is 188 g/mol. The topological polar surface area (TPSA) is 75.3 Å². The molecule has 0 aromatic carbocycles. The summed E-state index contributed by atoms with van der Waals surface area (Å²) >= 11 is 0. The van der Waals surface area contributed by atoms with Gasteiger partial charge < -0.3 is 16.2 Å². The van der Waals surface area contributed by atoms with Crippen molar-refractivity contribution in [2.24, 2.45) is 11.7 Å². The summed E-state index contributed by atoms with van der Waals surface area (Å²) in [5.74, 6) is -0.0170. The van der Waals surface area contributed by atoms with Crippen molar-refractivity contribution in [3.8, 4) is 0 Å². The Morgan fingerprint density at radius 1 is 1.54 bits per heavy atom. The molecule has 0 heterocycles. The van der Waals surface area contributed by atoms with Gasteiger partial charge in [0.05, 0.1) is 6.10 Å². The number of rotatable bonds is 6. The number of carbonyl (C=O) groups is 1. The van der Waals surface area contributed by atoms with E-state index in [1.807, 2.05) is 6.92 Å². The molecule has 0 spiro atoms. The molecule has 0 radical (unpaired) electrons. The number of nitrogens with one attached hydrogen (secondary N) is 1. The van der Waals surface area contributed by atoms with Crippen LogP contribution in [0.1, 0.15) is 26.7 Å². The van der Waals surface area contributed by atoms with E-state index in [2.05, 4.69) is 5.32 Å². The molecule has 0 saturated heterocycles. The fourth-order valence-electron chi connectivity index (χ4n) is 0.978. The summed E-state index contributed by atoms with van der Waals surface area (Å²) in [7, 11) is 0. The van der Waals surface area contributed by atoms with E-state index in [0.717, 1.165) is 12.8 Å². The van der Waals surface area contributed by atoms with Gasteiger partial charge in [-0.15, -0.1) is 0 Å². The highest BCUT2D eigenvalue weighted by molar-refractivity contribution is 5.78. The molecule has 2 unspecified atom stereocenters. The molecule has 0 aliphatic heterocycles. The first kappa shape index (κ1) is 12.4. The average Bonchev–Trinajstić information content (AvgIpc) is 2.10. The summed E-state index contributed by atoms with van der Waals surface area (Å²) in [5.41, 5.74) is 5.33. The van der Waals surface area contributed by atoms with Gasteiger partial charge >= 0.3 is 0 Å². The molecule has 2 atom stereocenters. The Hall–Kier alpha value is -0.610. The first-order chi connectivity index (χ1) is 6.07. The highest BCUT2D eigenvalue weighted by atomic mass is 16.3. The minimum atomic E-state index is -0.481. The zero-order chi connectivity index (χ0) is 10.3. The molecule has 0 fully saturated rings. The second-order valence-electron chi connectivity index (χ2n) is 3.43. The zero-order valence-corrected chi connectivity index (χ0v) is 8.42. The Labute approximate surface area is 79.5 Å². The van der Waals surface area contributed by atoms with E-state index >= 15 is 0 Å². The molecular weight excluding hydrogens is 168 g/mol. The Bertz CT molecular complexity index is 149. The summed E-state index contributed by atoms with van der Waals surface area (Å²) < 4.78 is 0. The Kier molecular flexibility index (Phi) is 6.54. The smallest absolute Gasteiger partial charge is 0.222 e. The van der Waals surface area contributed by atoms with Crippen LogP contribution >= 0.6 is 0 Å². The highest BCUT2D eigenvalue weighted by Crippen LogP contribution is 2.03. The molecule has 0 bridgehead atoms. The molecule has 1 amide bonds. The first-order valence-electron chi connectivity index (χ1n) is 4.73. The summed E-state index contributed by atoms with van der Waals surface area (Å²) in [5, 5.41) is 11.6. The van der Waals surface area contributed by atoms with E-state index in [4.69, 9.17) is 10.8 Å². The van der Waals surface area contributed by atoms with Gasteiger partial charge in [0.1, 0.15) is 0 Å². The lowest BCUT2D eigenvalue weighted by molar-refractivity contribution is -0.125. The van der Waals surface area contributed by atoms with Gasteiger partial charge in [0.2, 0.25) is 5.91 Å². The van der Waals surface area contributed by atoms with Crippen molar-refractivity contribution in [1.82, 2.24) is 5.32 Å². The molecule has 4 heteroatoms. The van der Waals surface area contributed by atoms with Crippen molar-refractivity contribution in [2.75, 3.05) is 13.1 Å². The number of aliphatic hydroxyl groups is 1. The maximum atomic E-state index is 11.3. The molecule has 4 N–H and O–H groups in total. The molecular formula is C9H20N2O2. The lowest BCUT2D eigenvalue weighted by Gasteiger charge is -2.12. The van der Waals surface area contributed by atoms with Crippen LogP contribution in [0.4, 0.5) is 0 Å². The van der Waals surface area contributed by atoms with Crippen LogP contribution in [0.5, 0.6) is 0 Å². The standard InChI is InChI=1S/C9H20N2O2/c1-7(4-3-5-10)9(13)11-6-8(2)12/h7-8,12H,3-6,10H2,1-2H3,(H,11,13). The van der Waals surface area contributed by atoms with E-state index in [-0.39, 0.29) is 11.8 Å². The molecule has 0 aromatic rings. The SMILES string of the molecule is CC(O)CNC(=O)C(C)CCCN. The van der Waals surface area contributed by atoms with Crippen LogP contribution in [0.2, 0.25) is 0 Å². The average molecular weight is 188 g/mol. The summed E-state index contributed by atoms with van der Waals surface area (Å²) in [4.78, 5) is 11.3. The number of nitrogens with two attached hydrogens (primary N) is 1. The Morgan fingerprint density at radius 2 is 2.15 bits per heavy atom. The van der Waals surface area contributed by atoms with Crippen LogP contribution in [-0.4, -0.2) is 30.2 Å². The normalized spacial score (nSPS) is 15.1. The van der Waals surface area contributed by atoms with Gasteiger partial charge in [0.15, 0.2) is 0 Å². The number of aliphatic hydroxyl groups excluding tert-OH is 1. The van der Waals surface area contributed by atoms with Crippen molar-refractivity contribution < 1.29 is 9.90 Å². The third-order valence-corrected chi connectivity index (χ3v) is 1.86. The highest BCUT2D eigenvalue weighted by Gasteiger charge is 2.11. The number of amides is 1. The van der Waals surface area contributed by atoms with Gasteiger partial charge in [-0.1, -0.05) is 6.92 Å². The van der Waals surface area contributed by atoms with Crippen molar-refractivity contribution >= 4 is 5.91 Å². The van der Waals surface area contributed by atoms with Crippen LogP contribution < -0.4 is 11.1 Å². The minimum Gasteiger partial charge on any atom is -0.392 e. The number of hydrogen-bond acceptors (Lipinski definition) is 3. The van der Waals surface area contributed by atoms with Crippen molar-refractivity contribution in [3.63, 3.8) is 0 Å². The summed E-state index contributed by atoms with van der Waals surface area (Å²) in [6.07, 6.45) is 1.19. The van der Waals surface area contributed by atoms with E-state index in [1.165, 1.54) is 0 Å². The van der Waals surface area contributed by atoms with E-state index in [0.29, 0.717) is 13.1 Å². The lowest BCUT2D eigenvalue weighted by Crippen LogP contribution is -2.34. The van der Waals surface area contributed by atoms with Crippen LogP contribution in [0.15, 0.2) is 0 Å². The van der Waals surface area contributed by atoms with Gasteiger partial charge in [-0.25, -0.2) is 0 Å². The van der Waals surface area contributed by atoms with Crippen molar-refractivity contribution in [2.45, 2.75) is 32.8 Å². The van der Waals surface area contributed by atoms with Gasteiger partial charge in [-0.3, -0.25) is 4.79 Å². The van der Waals surface area contributed by atoms with Crippen LogP contribution in [0.3, 0.4) is 0 Å². The second-order valence-corrected chi connectivity index (χ2v) is 3.43. The second kappa shape index (κ2) is 6.86. The van der Waals surface area contributed by atoms with Crippen LogP contribution in [0.25, 0.3) is 0 Å². The Morgan fingerprint density at radius 3 is 2.62 bits per heavy atom. The minimum absolute atomic E-state index is 0.00523. The molecule has 0 aliphatic carbocycles. The first-order valence-corrected chi connectivity index (χ1v) is 4.73.